The molecule has 1 aliphatic heterocycles. The summed E-state index contributed by atoms with van der Waals surface area (Å²) in [6, 6.07) is 8.09. The standard InChI is InChI=1S/C17H16F3N3O/c18-17(19,20)12-5-3-6-13(11-12)22-15-14(7-4-8-21-15)16(24)23-9-1-2-10-23/h3-8,11H,1-2,9-10H2,(H,21,22). The van der Waals surface area contributed by atoms with Crippen LogP contribution in [0.5, 0.6) is 0 Å². The average molecular weight is 335 g/mol. The van der Waals surface area contributed by atoms with Gasteiger partial charge in [-0.1, -0.05) is 6.07 Å². The van der Waals surface area contributed by atoms with E-state index in [1.54, 1.807) is 17.0 Å². The zero-order chi connectivity index (χ0) is 17.2. The number of halogens is 3. The minimum absolute atomic E-state index is 0.157. The number of hydrogen-bond acceptors (Lipinski definition) is 3. The van der Waals surface area contributed by atoms with Crippen molar-refractivity contribution >= 4 is 17.4 Å². The molecule has 1 N–H and O–H groups in total. The molecular weight excluding hydrogens is 319 g/mol. The Bertz CT molecular complexity index is 740. The highest BCUT2D eigenvalue weighted by Gasteiger charge is 2.30. The minimum atomic E-state index is -4.42. The van der Waals surface area contributed by atoms with E-state index in [0.717, 1.165) is 25.0 Å². The van der Waals surface area contributed by atoms with E-state index >= 15 is 0 Å². The summed E-state index contributed by atoms with van der Waals surface area (Å²) in [4.78, 5) is 18.4. The summed E-state index contributed by atoms with van der Waals surface area (Å²) in [7, 11) is 0. The molecule has 1 amide bonds. The third-order valence-electron chi connectivity index (χ3n) is 3.88. The first-order valence-electron chi connectivity index (χ1n) is 7.64. The first-order valence-corrected chi connectivity index (χ1v) is 7.64. The van der Waals surface area contributed by atoms with Crippen molar-refractivity contribution in [3.63, 3.8) is 0 Å². The lowest BCUT2D eigenvalue weighted by molar-refractivity contribution is -0.137. The third kappa shape index (κ3) is 3.50. The number of aromatic nitrogens is 1. The number of likely N-dealkylation sites (tertiary alicyclic amines) is 1. The van der Waals surface area contributed by atoms with Gasteiger partial charge in [0.05, 0.1) is 11.1 Å². The van der Waals surface area contributed by atoms with Crippen LogP contribution >= 0.6 is 0 Å². The molecule has 1 aromatic heterocycles. The maximum Gasteiger partial charge on any atom is 0.416 e. The van der Waals surface area contributed by atoms with E-state index in [2.05, 4.69) is 10.3 Å². The quantitative estimate of drug-likeness (QED) is 0.919. The topological polar surface area (TPSA) is 45.2 Å². The molecule has 0 saturated carbocycles. The fourth-order valence-corrected chi connectivity index (χ4v) is 2.68. The maximum atomic E-state index is 12.8. The molecule has 0 spiro atoms. The van der Waals surface area contributed by atoms with Gasteiger partial charge in [0.1, 0.15) is 5.82 Å². The third-order valence-corrected chi connectivity index (χ3v) is 3.88. The van der Waals surface area contributed by atoms with Crippen molar-refractivity contribution in [1.82, 2.24) is 9.88 Å². The van der Waals surface area contributed by atoms with Gasteiger partial charge in [0.2, 0.25) is 0 Å². The largest absolute Gasteiger partial charge is 0.416 e. The lowest BCUT2D eigenvalue weighted by Crippen LogP contribution is -2.28. The number of amides is 1. The summed E-state index contributed by atoms with van der Waals surface area (Å²) in [6.07, 6.45) is -1.00. The van der Waals surface area contributed by atoms with Crippen LogP contribution in [0.3, 0.4) is 0 Å². The number of pyridine rings is 1. The Kier molecular flexibility index (Phi) is 4.42. The smallest absolute Gasteiger partial charge is 0.340 e. The molecule has 7 heteroatoms. The number of hydrogen-bond donors (Lipinski definition) is 1. The Hall–Kier alpha value is -2.57. The molecule has 0 atom stereocenters. The highest BCUT2D eigenvalue weighted by molar-refractivity contribution is 5.99. The summed E-state index contributed by atoms with van der Waals surface area (Å²) >= 11 is 0. The van der Waals surface area contributed by atoms with Gasteiger partial charge in [-0.2, -0.15) is 13.2 Å². The molecule has 1 saturated heterocycles. The Morgan fingerprint density at radius 1 is 1.12 bits per heavy atom. The molecule has 24 heavy (non-hydrogen) atoms. The van der Waals surface area contributed by atoms with E-state index in [4.69, 9.17) is 0 Å². The highest BCUT2D eigenvalue weighted by Crippen LogP contribution is 2.31. The fourth-order valence-electron chi connectivity index (χ4n) is 2.68. The summed E-state index contributed by atoms with van der Waals surface area (Å²) in [5.74, 6) is 0.101. The van der Waals surface area contributed by atoms with Gasteiger partial charge in [0.25, 0.3) is 5.91 Å². The van der Waals surface area contributed by atoms with Crippen molar-refractivity contribution in [2.75, 3.05) is 18.4 Å². The Labute approximate surface area is 137 Å². The second kappa shape index (κ2) is 6.51. The fraction of sp³-hybridized carbons (Fsp3) is 0.294. The van der Waals surface area contributed by atoms with Crippen LogP contribution in [0.2, 0.25) is 0 Å². The minimum Gasteiger partial charge on any atom is -0.340 e. The van der Waals surface area contributed by atoms with E-state index in [1.165, 1.54) is 18.3 Å². The van der Waals surface area contributed by atoms with Crippen molar-refractivity contribution in [2.45, 2.75) is 19.0 Å². The monoisotopic (exact) mass is 335 g/mol. The van der Waals surface area contributed by atoms with Crippen LogP contribution in [0.25, 0.3) is 0 Å². The number of carbonyl (C=O) groups is 1. The van der Waals surface area contributed by atoms with Crippen LogP contribution in [0.1, 0.15) is 28.8 Å². The molecule has 0 bridgehead atoms. The van der Waals surface area contributed by atoms with Crippen molar-refractivity contribution in [2.24, 2.45) is 0 Å². The van der Waals surface area contributed by atoms with Crippen LogP contribution in [0, 0.1) is 0 Å². The van der Waals surface area contributed by atoms with Crippen molar-refractivity contribution in [3.8, 4) is 0 Å². The normalized spacial score (nSPS) is 14.7. The van der Waals surface area contributed by atoms with Gasteiger partial charge < -0.3 is 10.2 Å². The number of nitrogens with one attached hydrogen (secondary N) is 1. The molecule has 4 nitrogen and oxygen atoms in total. The molecule has 2 heterocycles. The van der Waals surface area contributed by atoms with Crippen LogP contribution in [-0.4, -0.2) is 28.9 Å². The van der Waals surface area contributed by atoms with Gasteiger partial charge in [-0.05, 0) is 43.2 Å². The number of anilines is 2. The summed E-state index contributed by atoms with van der Waals surface area (Å²) in [5.41, 5.74) is -0.161. The van der Waals surface area contributed by atoms with E-state index in [9.17, 15) is 18.0 Å². The predicted molar refractivity (Wildman–Crippen MR) is 84.1 cm³/mol. The molecule has 0 radical (unpaired) electrons. The molecule has 3 rings (SSSR count). The second-order valence-electron chi connectivity index (χ2n) is 5.60. The molecular formula is C17H16F3N3O. The first kappa shape index (κ1) is 16.3. The van der Waals surface area contributed by atoms with E-state index < -0.39 is 11.7 Å². The maximum absolute atomic E-state index is 12.8. The van der Waals surface area contributed by atoms with Gasteiger partial charge in [0, 0.05) is 25.0 Å². The Balaban J connectivity index is 1.87. The number of rotatable bonds is 3. The summed E-state index contributed by atoms with van der Waals surface area (Å²) < 4.78 is 38.4. The van der Waals surface area contributed by atoms with Crippen molar-refractivity contribution < 1.29 is 18.0 Å². The molecule has 1 aromatic carbocycles. The highest BCUT2D eigenvalue weighted by atomic mass is 19.4. The van der Waals surface area contributed by atoms with Crippen LogP contribution in [0.15, 0.2) is 42.6 Å². The lowest BCUT2D eigenvalue weighted by Gasteiger charge is -2.18. The zero-order valence-corrected chi connectivity index (χ0v) is 12.8. The number of nitrogens with zero attached hydrogens (tertiary/aromatic N) is 2. The number of benzene rings is 1. The van der Waals surface area contributed by atoms with E-state index in [0.29, 0.717) is 18.7 Å². The summed E-state index contributed by atoms with van der Waals surface area (Å²) in [5, 5.41) is 2.83. The zero-order valence-electron chi connectivity index (χ0n) is 12.8. The molecule has 2 aromatic rings. The first-order chi connectivity index (χ1) is 11.4. The summed E-state index contributed by atoms with van der Waals surface area (Å²) in [6.45, 7) is 1.38. The van der Waals surface area contributed by atoms with E-state index in [-0.39, 0.29) is 17.4 Å². The Morgan fingerprint density at radius 3 is 2.58 bits per heavy atom. The van der Waals surface area contributed by atoms with E-state index in [1.807, 2.05) is 0 Å². The SMILES string of the molecule is O=C(c1cccnc1Nc1cccc(C(F)(F)F)c1)N1CCCC1. The van der Waals surface area contributed by atoms with Gasteiger partial charge >= 0.3 is 6.18 Å². The molecule has 126 valence electrons. The van der Waals surface area contributed by atoms with Gasteiger partial charge in [-0.3, -0.25) is 4.79 Å². The molecule has 1 aliphatic rings. The predicted octanol–water partition coefficient (Wildman–Crippen LogP) is 4.08. The Morgan fingerprint density at radius 2 is 1.88 bits per heavy atom. The van der Waals surface area contributed by atoms with Crippen LogP contribution in [-0.2, 0) is 6.18 Å². The van der Waals surface area contributed by atoms with Gasteiger partial charge in [-0.25, -0.2) is 4.98 Å². The lowest BCUT2D eigenvalue weighted by atomic mass is 10.1. The number of carbonyl (C=O) groups excluding carboxylic acids is 1. The molecule has 1 fully saturated rings. The van der Waals surface area contributed by atoms with Crippen molar-refractivity contribution in [3.05, 3.63) is 53.7 Å². The average Bonchev–Trinajstić information content (AvgIpc) is 3.09. The number of alkyl halides is 3. The van der Waals surface area contributed by atoms with Crippen LogP contribution < -0.4 is 5.32 Å². The van der Waals surface area contributed by atoms with Crippen molar-refractivity contribution in [1.29, 1.82) is 0 Å². The van der Waals surface area contributed by atoms with Crippen LogP contribution in [0.4, 0.5) is 24.7 Å². The van der Waals surface area contributed by atoms with Gasteiger partial charge in [-0.15, -0.1) is 0 Å². The molecule has 0 unspecified atom stereocenters. The van der Waals surface area contributed by atoms with Gasteiger partial charge in [0.15, 0.2) is 0 Å². The second-order valence-corrected chi connectivity index (χ2v) is 5.60. The molecule has 0 aliphatic carbocycles.